The molecule has 17 heavy (non-hydrogen) atoms. The Balaban J connectivity index is 2.11. The number of aromatic nitrogens is 3. The van der Waals surface area contributed by atoms with Crippen molar-refractivity contribution in [3.63, 3.8) is 0 Å². The quantitative estimate of drug-likeness (QED) is 0.859. The molecule has 0 unspecified atom stereocenters. The standard InChI is InChI=1S/C11H13FN4O/c1-16-11(14-7-15-16)6-17-10-3-2-9(12)4-8(10)5-13/h2-4,7H,5-6,13H2,1H3. The number of hydrogen-bond donors (Lipinski definition) is 1. The van der Waals surface area contributed by atoms with Crippen molar-refractivity contribution in [3.05, 3.63) is 41.7 Å². The van der Waals surface area contributed by atoms with Gasteiger partial charge in [0.05, 0.1) is 0 Å². The third kappa shape index (κ3) is 2.59. The Bertz CT molecular complexity index is 512. The van der Waals surface area contributed by atoms with Gasteiger partial charge in [0.1, 0.15) is 24.5 Å². The molecule has 6 heteroatoms. The number of ether oxygens (including phenoxy) is 1. The summed E-state index contributed by atoms with van der Waals surface area (Å²) in [6.07, 6.45) is 1.45. The fraction of sp³-hybridized carbons (Fsp3) is 0.273. The molecule has 0 amide bonds. The van der Waals surface area contributed by atoms with E-state index in [1.807, 2.05) is 0 Å². The van der Waals surface area contributed by atoms with Crippen LogP contribution in [0.4, 0.5) is 4.39 Å². The van der Waals surface area contributed by atoms with Crippen LogP contribution in [-0.2, 0) is 20.2 Å². The van der Waals surface area contributed by atoms with Gasteiger partial charge in [-0.2, -0.15) is 5.10 Å². The first kappa shape index (κ1) is 11.5. The molecule has 1 aromatic heterocycles. The number of hydrogen-bond acceptors (Lipinski definition) is 4. The van der Waals surface area contributed by atoms with E-state index in [4.69, 9.17) is 10.5 Å². The second kappa shape index (κ2) is 4.92. The summed E-state index contributed by atoms with van der Waals surface area (Å²) in [5.41, 5.74) is 6.15. The number of nitrogens with two attached hydrogens (primary N) is 1. The minimum atomic E-state index is -0.323. The fourth-order valence-corrected chi connectivity index (χ4v) is 1.44. The average Bonchev–Trinajstić information content (AvgIpc) is 2.73. The van der Waals surface area contributed by atoms with Crippen molar-refractivity contribution >= 4 is 0 Å². The van der Waals surface area contributed by atoms with Crippen LogP contribution in [-0.4, -0.2) is 14.8 Å². The highest BCUT2D eigenvalue weighted by atomic mass is 19.1. The Kier molecular flexibility index (Phi) is 3.34. The molecular formula is C11H13FN4O. The molecule has 0 atom stereocenters. The zero-order valence-corrected chi connectivity index (χ0v) is 9.43. The van der Waals surface area contributed by atoms with Gasteiger partial charge >= 0.3 is 0 Å². The zero-order valence-electron chi connectivity index (χ0n) is 9.43. The van der Waals surface area contributed by atoms with Gasteiger partial charge in [-0.1, -0.05) is 0 Å². The molecule has 2 rings (SSSR count). The maximum absolute atomic E-state index is 13.0. The Labute approximate surface area is 98.0 Å². The Morgan fingerprint density at radius 2 is 2.29 bits per heavy atom. The fourth-order valence-electron chi connectivity index (χ4n) is 1.44. The van der Waals surface area contributed by atoms with Gasteiger partial charge in [-0.3, -0.25) is 4.68 Å². The predicted octanol–water partition coefficient (Wildman–Crippen LogP) is 0.992. The van der Waals surface area contributed by atoms with E-state index < -0.39 is 0 Å². The first-order valence-corrected chi connectivity index (χ1v) is 5.15. The van der Waals surface area contributed by atoms with Crippen molar-refractivity contribution < 1.29 is 9.13 Å². The van der Waals surface area contributed by atoms with Gasteiger partial charge in [0, 0.05) is 19.2 Å². The summed E-state index contributed by atoms with van der Waals surface area (Å²) < 4.78 is 20.1. The highest BCUT2D eigenvalue weighted by Gasteiger charge is 2.06. The maximum Gasteiger partial charge on any atom is 0.164 e. The van der Waals surface area contributed by atoms with Gasteiger partial charge in [-0.15, -0.1) is 0 Å². The monoisotopic (exact) mass is 236 g/mol. The van der Waals surface area contributed by atoms with Gasteiger partial charge < -0.3 is 10.5 Å². The van der Waals surface area contributed by atoms with Gasteiger partial charge in [-0.05, 0) is 18.2 Å². The molecule has 0 spiro atoms. The van der Waals surface area contributed by atoms with Crippen molar-refractivity contribution in [1.29, 1.82) is 0 Å². The molecule has 2 N–H and O–H groups in total. The Morgan fingerprint density at radius 1 is 1.47 bits per heavy atom. The summed E-state index contributed by atoms with van der Waals surface area (Å²) in [5.74, 6) is 0.936. The lowest BCUT2D eigenvalue weighted by atomic mass is 10.2. The molecule has 2 aromatic rings. The van der Waals surface area contributed by atoms with Crippen LogP contribution < -0.4 is 10.5 Å². The van der Waals surface area contributed by atoms with Crippen LogP contribution in [0.25, 0.3) is 0 Å². The third-order valence-corrected chi connectivity index (χ3v) is 2.40. The van der Waals surface area contributed by atoms with Crippen molar-refractivity contribution in [3.8, 4) is 5.75 Å². The van der Waals surface area contributed by atoms with E-state index in [0.717, 1.165) is 0 Å². The minimum Gasteiger partial charge on any atom is -0.485 e. The van der Waals surface area contributed by atoms with E-state index in [-0.39, 0.29) is 19.0 Å². The number of benzene rings is 1. The smallest absolute Gasteiger partial charge is 0.164 e. The summed E-state index contributed by atoms with van der Waals surface area (Å²) in [4.78, 5) is 4.03. The molecule has 1 aromatic carbocycles. The average molecular weight is 236 g/mol. The van der Waals surface area contributed by atoms with Crippen LogP contribution in [0.2, 0.25) is 0 Å². The van der Waals surface area contributed by atoms with E-state index in [1.165, 1.54) is 18.5 Å². The summed E-state index contributed by atoms with van der Waals surface area (Å²) in [6, 6.07) is 4.27. The lowest BCUT2D eigenvalue weighted by molar-refractivity contribution is 0.286. The molecule has 0 radical (unpaired) electrons. The van der Waals surface area contributed by atoms with Gasteiger partial charge in [0.15, 0.2) is 5.82 Å². The normalized spacial score (nSPS) is 10.5. The van der Waals surface area contributed by atoms with Crippen molar-refractivity contribution in [1.82, 2.24) is 14.8 Å². The first-order chi connectivity index (χ1) is 8.20. The molecule has 1 heterocycles. The molecule has 0 bridgehead atoms. The number of rotatable bonds is 4. The largest absolute Gasteiger partial charge is 0.485 e. The lowest BCUT2D eigenvalue weighted by Crippen LogP contribution is -2.07. The van der Waals surface area contributed by atoms with Gasteiger partial charge in [0.2, 0.25) is 0 Å². The van der Waals surface area contributed by atoms with Crippen LogP contribution in [0.1, 0.15) is 11.4 Å². The third-order valence-electron chi connectivity index (χ3n) is 2.40. The van der Waals surface area contributed by atoms with Crippen LogP contribution in [0, 0.1) is 5.82 Å². The van der Waals surface area contributed by atoms with E-state index in [2.05, 4.69) is 10.1 Å². The van der Waals surface area contributed by atoms with E-state index in [1.54, 1.807) is 17.8 Å². The second-order valence-corrected chi connectivity index (χ2v) is 3.54. The van der Waals surface area contributed by atoms with Crippen LogP contribution in [0.5, 0.6) is 5.75 Å². The molecule has 0 aliphatic heterocycles. The Hall–Kier alpha value is -1.95. The summed E-state index contributed by atoms with van der Waals surface area (Å²) >= 11 is 0. The van der Waals surface area contributed by atoms with Crippen molar-refractivity contribution in [2.75, 3.05) is 0 Å². The molecule has 0 fully saturated rings. The van der Waals surface area contributed by atoms with E-state index in [0.29, 0.717) is 17.1 Å². The number of aryl methyl sites for hydroxylation is 1. The van der Waals surface area contributed by atoms with Gasteiger partial charge in [-0.25, -0.2) is 9.37 Å². The molecule has 0 aliphatic rings. The summed E-state index contributed by atoms with van der Waals surface area (Å²) in [6.45, 7) is 0.501. The minimum absolute atomic E-state index is 0.228. The molecular weight excluding hydrogens is 223 g/mol. The lowest BCUT2D eigenvalue weighted by Gasteiger charge is -2.09. The van der Waals surface area contributed by atoms with E-state index >= 15 is 0 Å². The van der Waals surface area contributed by atoms with Crippen LogP contribution >= 0.6 is 0 Å². The first-order valence-electron chi connectivity index (χ1n) is 5.15. The maximum atomic E-state index is 13.0. The number of halogens is 1. The molecule has 0 saturated heterocycles. The predicted molar refractivity (Wildman–Crippen MR) is 59.6 cm³/mol. The highest BCUT2D eigenvalue weighted by molar-refractivity contribution is 5.33. The summed E-state index contributed by atoms with van der Waals surface area (Å²) in [7, 11) is 1.78. The topological polar surface area (TPSA) is 66.0 Å². The molecule has 90 valence electrons. The van der Waals surface area contributed by atoms with Crippen LogP contribution in [0.15, 0.2) is 24.5 Å². The molecule has 0 aliphatic carbocycles. The number of nitrogens with zero attached hydrogens (tertiary/aromatic N) is 3. The summed E-state index contributed by atoms with van der Waals surface area (Å²) in [5, 5.41) is 3.93. The van der Waals surface area contributed by atoms with Crippen molar-refractivity contribution in [2.45, 2.75) is 13.2 Å². The van der Waals surface area contributed by atoms with Crippen LogP contribution in [0.3, 0.4) is 0 Å². The van der Waals surface area contributed by atoms with Gasteiger partial charge in [0.25, 0.3) is 0 Å². The Morgan fingerprint density at radius 3 is 2.94 bits per heavy atom. The second-order valence-electron chi connectivity index (χ2n) is 3.54. The zero-order chi connectivity index (χ0) is 12.3. The highest BCUT2D eigenvalue weighted by Crippen LogP contribution is 2.19. The molecule has 0 saturated carbocycles. The van der Waals surface area contributed by atoms with E-state index in [9.17, 15) is 4.39 Å². The SMILES string of the molecule is Cn1ncnc1COc1ccc(F)cc1CN. The van der Waals surface area contributed by atoms with Crippen molar-refractivity contribution in [2.24, 2.45) is 12.8 Å². The molecule has 5 nitrogen and oxygen atoms in total.